The fourth-order valence-corrected chi connectivity index (χ4v) is 4.02. The van der Waals surface area contributed by atoms with Crippen LogP contribution in [0.15, 0.2) is 18.2 Å². The zero-order chi connectivity index (χ0) is 27.4. The van der Waals surface area contributed by atoms with Crippen molar-refractivity contribution >= 4 is 37.7 Å². The number of rotatable bonds is 18. The number of hydrogen-bond donors (Lipinski definition) is 12. The van der Waals surface area contributed by atoms with Crippen LogP contribution in [0.1, 0.15) is 11.1 Å². The Kier molecular flexibility index (Phi) is 18.6. The van der Waals surface area contributed by atoms with Crippen LogP contribution in [-0.4, -0.2) is 144 Å². The highest BCUT2D eigenvalue weighted by atomic mass is 35.5. The Morgan fingerprint density at radius 2 is 1.11 bits per heavy atom. The van der Waals surface area contributed by atoms with Crippen molar-refractivity contribution in [1.82, 2.24) is 4.90 Å². The lowest BCUT2D eigenvalue weighted by molar-refractivity contribution is -0.130. The summed E-state index contributed by atoms with van der Waals surface area (Å²) in [6, 6.07) is 5.37. The highest BCUT2D eigenvalue weighted by molar-refractivity contribution is 7.79. The molecule has 12 nitrogen and oxygen atoms in total. The van der Waals surface area contributed by atoms with Crippen molar-refractivity contribution in [3.05, 3.63) is 29.3 Å². The number of aliphatic hydroxyl groups excluding tert-OH is 10. The van der Waals surface area contributed by atoms with Gasteiger partial charge in [0.1, 0.15) is 49.0 Å². The molecule has 1 rings (SSSR count). The lowest BCUT2D eigenvalue weighted by Gasteiger charge is -2.33. The maximum Gasteiger partial charge on any atom is 0.119 e. The molecule has 0 spiro atoms. The minimum atomic E-state index is -1.86. The van der Waals surface area contributed by atoms with E-state index >= 15 is 0 Å². The third-order valence-corrected chi connectivity index (χ3v) is 6.42. The van der Waals surface area contributed by atoms with E-state index in [4.69, 9.17) is 14.9 Å². The Bertz CT molecular complexity index is 727. The van der Waals surface area contributed by atoms with Gasteiger partial charge in [0.15, 0.2) is 0 Å². The minimum absolute atomic E-state index is 0. The average molecular weight is 594 g/mol. The third-order valence-electron chi connectivity index (χ3n) is 5.74. The highest BCUT2D eigenvalue weighted by Gasteiger charge is 2.34. The van der Waals surface area contributed by atoms with Gasteiger partial charge >= 0.3 is 0 Å². The van der Waals surface area contributed by atoms with E-state index in [1.807, 2.05) is 6.07 Å². The van der Waals surface area contributed by atoms with Crippen LogP contribution in [0.5, 0.6) is 5.75 Å². The number of hydrogen-bond acceptors (Lipinski definition) is 14. The molecule has 0 saturated carbocycles. The molecular weight excluding hydrogens is 554 g/mol. The van der Waals surface area contributed by atoms with Crippen molar-refractivity contribution in [3.8, 4) is 5.75 Å². The zero-order valence-electron chi connectivity index (χ0n) is 20.1. The molecule has 0 radical (unpaired) electrons. The smallest absolute Gasteiger partial charge is 0.119 e. The van der Waals surface area contributed by atoms with Gasteiger partial charge in [-0.25, -0.2) is 0 Å². The third kappa shape index (κ3) is 11.7. The summed E-state index contributed by atoms with van der Waals surface area (Å²) in [5.41, 5.74) is 1.91. The Hall–Kier alpha value is -0.430. The first-order valence-electron chi connectivity index (χ1n) is 11.4. The van der Waals surface area contributed by atoms with Gasteiger partial charge in [0.2, 0.25) is 0 Å². The number of thiol groups is 2. The predicted molar refractivity (Wildman–Crippen MR) is 143 cm³/mol. The van der Waals surface area contributed by atoms with Crippen LogP contribution >= 0.6 is 37.7 Å². The molecule has 0 unspecified atom stereocenters. The van der Waals surface area contributed by atoms with Crippen LogP contribution in [0, 0.1) is 0 Å². The summed E-state index contributed by atoms with van der Waals surface area (Å²) in [7, 11) is 0. The molecular formula is C22H40ClNO11S2. The van der Waals surface area contributed by atoms with Crippen LogP contribution in [0.4, 0.5) is 0 Å². The SMILES string of the molecule is Cl.OC[C@@H](O)[C@@H](O)[C@@H](O)[C@@H](O)CN(CCOc1ccc(CS)c(CS)c1)C[C@H](O)[C@H](O)[C@H](O)[C@H](O)CO. The van der Waals surface area contributed by atoms with E-state index in [0.717, 1.165) is 11.1 Å². The van der Waals surface area contributed by atoms with E-state index in [1.54, 1.807) is 12.1 Å². The predicted octanol–water partition coefficient (Wildman–Crippen LogP) is -3.48. The minimum Gasteiger partial charge on any atom is -0.492 e. The summed E-state index contributed by atoms with van der Waals surface area (Å²) in [4.78, 5) is 1.36. The molecule has 218 valence electrons. The number of ether oxygens (including phenoxy) is 1. The average Bonchev–Trinajstić information content (AvgIpc) is 2.89. The summed E-state index contributed by atoms with van der Waals surface area (Å²) in [6.45, 7) is -2.38. The Balaban J connectivity index is 0.0000130. The van der Waals surface area contributed by atoms with E-state index in [2.05, 4.69) is 25.3 Å². The molecule has 8 atom stereocenters. The molecule has 0 fully saturated rings. The van der Waals surface area contributed by atoms with Gasteiger partial charge in [0.25, 0.3) is 0 Å². The van der Waals surface area contributed by atoms with Crippen molar-refractivity contribution in [1.29, 1.82) is 0 Å². The van der Waals surface area contributed by atoms with Gasteiger partial charge in [-0.05, 0) is 23.3 Å². The van der Waals surface area contributed by atoms with Crippen LogP contribution in [0.2, 0.25) is 0 Å². The maximum absolute atomic E-state index is 10.4. The van der Waals surface area contributed by atoms with E-state index in [0.29, 0.717) is 17.3 Å². The van der Waals surface area contributed by atoms with Gasteiger partial charge in [0.05, 0.1) is 25.4 Å². The van der Waals surface area contributed by atoms with E-state index < -0.39 is 62.0 Å². The molecule has 10 N–H and O–H groups in total. The van der Waals surface area contributed by atoms with Gasteiger partial charge in [0, 0.05) is 31.1 Å². The second kappa shape index (κ2) is 18.8. The summed E-state index contributed by atoms with van der Waals surface area (Å²) in [6.07, 6.45) is -14.1. The van der Waals surface area contributed by atoms with Crippen LogP contribution in [-0.2, 0) is 11.5 Å². The number of benzene rings is 1. The lowest BCUT2D eigenvalue weighted by atomic mass is 10.0. The molecule has 0 amide bonds. The maximum atomic E-state index is 10.4. The molecule has 1 aromatic rings. The first-order chi connectivity index (χ1) is 17.0. The summed E-state index contributed by atoms with van der Waals surface area (Å²) >= 11 is 8.55. The summed E-state index contributed by atoms with van der Waals surface area (Å²) < 4.78 is 5.74. The number of halogens is 1. The second-order valence-electron chi connectivity index (χ2n) is 8.45. The fraction of sp³-hybridized carbons (Fsp3) is 0.727. The van der Waals surface area contributed by atoms with Crippen LogP contribution < -0.4 is 4.74 Å². The van der Waals surface area contributed by atoms with Crippen molar-refractivity contribution in [2.75, 3.05) is 39.5 Å². The fourth-order valence-electron chi connectivity index (χ4n) is 3.41. The van der Waals surface area contributed by atoms with Crippen molar-refractivity contribution in [2.24, 2.45) is 0 Å². The van der Waals surface area contributed by atoms with Gasteiger partial charge in [-0.2, -0.15) is 25.3 Å². The lowest BCUT2D eigenvalue weighted by Crippen LogP contribution is -2.53. The summed E-state index contributed by atoms with van der Waals surface area (Å²) in [5.74, 6) is 1.52. The highest BCUT2D eigenvalue weighted by Crippen LogP contribution is 2.21. The molecule has 0 aliphatic rings. The molecule has 0 saturated heterocycles. The summed E-state index contributed by atoms with van der Waals surface area (Å²) in [5, 5.41) is 97.7. The molecule has 0 aliphatic heterocycles. The Morgan fingerprint density at radius 1 is 0.676 bits per heavy atom. The van der Waals surface area contributed by atoms with Crippen molar-refractivity contribution < 1.29 is 55.8 Å². The Labute approximate surface area is 233 Å². The van der Waals surface area contributed by atoms with Gasteiger partial charge < -0.3 is 55.8 Å². The largest absolute Gasteiger partial charge is 0.492 e. The normalized spacial score (nSPS) is 18.3. The first-order valence-corrected chi connectivity index (χ1v) is 12.6. The molecule has 0 aliphatic carbocycles. The van der Waals surface area contributed by atoms with Gasteiger partial charge in [-0.3, -0.25) is 4.90 Å². The van der Waals surface area contributed by atoms with Crippen molar-refractivity contribution in [3.63, 3.8) is 0 Å². The molecule has 37 heavy (non-hydrogen) atoms. The van der Waals surface area contributed by atoms with Gasteiger partial charge in [-0.15, -0.1) is 12.4 Å². The Morgan fingerprint density at radius 3 is 1.51 bits per heavy atom. The molecule has 0 bridgehead atoms. The molecule has 0 heterocycles. The molecule has 15 heteroatoms. The van der Waals surface area contributed by atoms with Crippen LogP contribution in [0.3, 0.4) is 0 Å². The number of nitrogens with zero attached hydrogens (tertiary/aromatic N) is 1. The quantitative estimate of drug-likeness (QED) is 0.0748. The zero-order valence-corrected chi connectivity index (χ0v) is 22.7. The molecule has 1 aromatic carbocycles. The monoisotopic (exact) mass is 593 g/mol. The van der Waals surface area contributed by atoms with E-state index in [1.165, 1.54) is 4.90 Å². The standard InChI is InChI=1S/C22H39NO11S2.ClH/c24-8-17(28)21(32)19(30)15(26)6-23(7-16(27)20(31)22(33)18(29)9-25)3-4-34-14-2-1-12(10-35)13(5-14)11-36;/h1-2,5,15-22,24-33,35-36H,3-4,6-11H2;1H/t15-,16-,17+,18+,19-,20-,21+,22+;/m0./s1. The van der Waals surface area contributed by atoms with Crippen LogP contribution in [0.25, 0.3) is 0 Å². The topological polar surface area (TPSA) is 215 Å². The first kappa shape index (κ1) is 36.6. The van der Waals surface area contributed by atoms with Crippen molar-refractivity contribution in [2.45, 2.75) is 60.3 Å². The second-order valence-corrected chi connectivity index (χ2v) is 9.08. The van der Waals surface area contributed by atoms with E-state index in [-0.39, 0.29) is 38.6 Å². The number of aliphatic hydroxyl groups is 10. The molecule has 0 aromatic heterocycles. The van der Waals surface area contributed by atoms with Gasteiger partial charge in [-0.1, -0.05) is 6.07 Å². The van der Waals surface area contributed by atoms with E-state index in [9.17, 15) is 40.9 Å².